The lowest BCUT2D eigenvalue weighted by Gasteiger charge is -2.22. The van der Waals surface area contributed by atoms with E-state index in [2.05, 4.69) is 4.72 Å². The van der Waals surface area contributed by atoms with Crippen molar-refractivity contribution < 1.29 is 21.2 Å². The third kappa shape index (κ3) is 4.00. The van der Waals surface area contributed by atoms with Crippen LogP contribution in [0.1, 0.15) is 19.4 Å². The highest BCUT2D eigenvalue weighted by Crippen LogP contribution is 2.17. The standard InChI is InChI=1S/C12H15FN2O4S2/c1-12(2,20(3,16)17)8-15-21(18,19)10-4-5-11(13)9(6-10)7-14/h4-6,15H,8H2,1-3H3. The molecule has 1 rings (SSSR count). The van der Waals surface area contributed by atoms with Gasteiger partial charge in [-0.2, -0.15) is 5.26 Å². The van der Waals surface area contributed by atoms with Gasteiger partial charge in [-0.1, -0.05) is 0 Å². The Balaban J connectivity index is 3.07. The van der Waals surface area contributed by atoms with Crippen LogP contribution in [0.3, 0.4) is 0 Å². The van der Waals surface area contributed by atoms with Gasteiger partial charge in [0.25, 0.3) is 0 Å². The van der Waals surface area contributed by atoms with Crippen molar-refractivity contribution in [2.75, 3.05) is 12.8 Å². The molecule has 0 heterocycles. The Kier molecular flexibility index (Phi) is 4.77. The lowest BCUT2D eigenvalue weighted by Crippen LogP contribution is -2.43. The first kappa shape index (κ1) is 17.6. The second-order valence-corrected chi connectivity index (χ2v) is 9.53. The van der Waals surface area contributed by atoms with Gasteiger partial charge in [0, 0.05) is 12.8 Å². The summed E-state index contributed by atoms with van der Waals surface area (Å²) in [6.45, 7) is 2.43. The molecular weight excluding hydrogens is 319 g/mol. The number of hydrogen-bond donors (Lipinski definition) is 1. The largest absolute Gasteiger partial charge is 0.240 e. The number of nitrogens with zero attached hydrogens (tertiary/aromatic N) is 1. The summed E-state index contributed by atoms with van der Waals surface area (Å²) in [5.41, 5.74) is -0.403. The Morgan fingerprint density at radius 3 is 2.33 bits per heavy atom. The zero-order chi connectivity index (χ0) is 16.5. The van der Waals surface area contributed by atoms with Crippen LogP contribution in [-0.2, 0) is 19.9 Å². The van der Waals surface area contributed by atoms with E-state index in [0.29, 0.717) is 0 Å². The van der Waals surface area contributed by atoms with E-state index in [9.17, 15) is 21.2 Å². The average molecular weight is 334 g/mol. The molecule has 1 N–H and O–H groups in total. The predicted molar refractivity (Wildman–Crippen MR) is 75.2 cm³/mol. The minimum absolute atomic E-state index is 0.301. The summed E-state index contributed by atoms with van der Waals surface area (Å²) >= 11 is 0. The molecule has 6 nitrogen and oxygen atoms in total. The van der Waals surface area contributed by atoms with Gasteiger partial charge >= 0.3 is 0 Å². The fraction of sp³-hybridized carbons (Fsp3) is 0.417. The Morgan fingerprint density at radius 1 is 1.29 bits per heavy atom. The molecule has 0 aromatic heterocycles. The molecule has 0 saturated heterocycles. The van der Waals surface area contributed by atoms with Crippen LogP contribution >= 0.6 is 0 Å². The van der Waals surface area contributed by atoms with Crippen molar-refractivity contribution in [2.24, 2.45) is 0 Å². The third-order valence-electron chi connectivity index (χ3n) is 3.06. The number of sulfonamides is 1. The van der Waals surface area contributed by atoms with Crippen LogP contribution in [0.2, 0.25) is 0 Å². The summed E-state index contributed by atoms with van der Waals surface area (Å²) in [5.74, 6) is -0.826. The van der Waals surface area contributed by atoms with E-state index in [0.717, 1.165) is 24.5 Å². The molecule has 0 fully saturated rings. The summed E-state index contributed by atoms with van der Waals surface area (Å²) in [6, 6.07) is 4.31. The van der Waals surface area contributed by atoms with Gasteiger partial charge in [0.1, 0.15) is 11.9 Å². The maximum absolute atomic E-state index is 13.2. The fourth-order valence-electron chi connectivity index (χ4n) is 1.24. The van der Waals surface area contributed by atoms with Crippen LogP contribution in [-0.4, -0.2) is 34.4 Å². The molecule has 0 saturated carbocycles. The molecule has 0 aliphatic carbocycles. The first-order valence-corrected chi connectivity index (χ1v) is 9.17. The molecule has 1 aromatic rings. The summed E-state index contributed by atoms with van der Waals surface area (Å²) < 4.78 is 61.2. The van der Waals surface area contributed by atoms with Gasteiger partial charge in [-0.15, -0.1) is 0 Å². The van der Waals surface area contributed by atoms with Crippen LogP contribution in [0.4, 0.5) is 4.39 Å². The quantitative estimate of drug-likeness (QED) is 0.857. The highest BCUT2D eigenvalue weighted by atomic mass is 32.2. The van der Waals surface area contributed by atoms with Gasteiger partial charge in [0.15, 0.2) is 9.84 Å². The van der Waals surface area contributed by atoms with Gasteiger partial charge < -0.3 is 0 Å². The Morgan fingerprint density at radius 2 is 1.86 bits per heavy atom. The van der Waals surface area contributed by atoms with E-state index < -0.39 is 36.0 Å². The molecule has 0 aliphatic rings. The average Bonchev–Trinajstić information content (AvgIpc) is 2.35. The second kappa shape index (κ2) is 5.71. The minimum Gasteiger partial charge on any atom is -0.229 e. The Hall–Kier alpha value is -1.50. The number of sulfone groups is 1. The first-order chi connectivity index (χ1) is 9.40. The first-order valence-electron chi connectivity index (χ1n) is 5.80. The zero-order valence-electron chi connectivity index (χ0n) is 11.7. The summed E-state index contributed by atoms with van der Waals surface area (Å²) in [7, 11) is -7.50. The van der Waals surface area contributed by atoms with Crippen molar-refractivity contribution in [3.63, 3.8) is 0 Å². The van der Waals surface area contributed by atoms with Crippen molar-refractivity contribution in [3.05, 3.63) is 29.6 Å². The van der Waals surface area contributed by atoms with Gasteiger partial charge in [-0.3, -0.25) is 0 Å². The van der Waals surface area contributed by atoms with Gasteiger partial charge in [-0.25, -0.2) is 25.9 Å². The van der Waals surface area contributed by atoms with Gasteiger partial charge in [-0.05, 0) is 32.0 Å². The van der Waals surface area contributed by atoms with E-state index in [1.807, 2.05) is 0 Å². The smallest absolute Gasteiger partial charge is 0.229 e. The fourth-order valence-corrected chi connectivity index (χ4v) is 2.90. The molecule has 0 unspecified atom stereocenters. The van der Waals surface area contributed by atoms with E-state index in [4.69, 9.17) is 5.26 Å². The van der Waals surface area contributed by atoms with Crippen molar-refractivity contribution in [2.45, 2.75) is 23.5 Å². The van der Waals surface area contributed by atoms with Crippen LogP contribution in [0.15, 0.2) is 23.1 Å². The summed E-state index contributed by atoms with van der Waals surface area (Å²) in [6.07, 6.45) is 1.01. The van der Waals surface area contributed by atoms with Crippen LogP contribution in [0.25, 0.3) is 0 Å². The molecule has 0 radical (unpaired) electrons. The lowest BCUT2D eigenvalue weighted by molar-refractivity contribution is 0.537. The molecule has 1 aromatic carbocycles. The highest BCUT2D eigenvalue weighted by molar-refractivity contribution is 7.92. The Labute approximate surface area is 123 Å². The minimum atomic E-state index is -4.04. The van der Waals surface area contributed by atoms with Crippen molar-refractivity contribution in [3.8, 4) is 6.07 Å². The molecule has 0 bridgehead atoms. The molecule has 0 spiro atoms. The summed E-state index contributed by atoms with van der Waals surface area (Å²) in [4.78, 5) is -0.301. The number of rotatable bonds is 5. The molecular formula is C12H15FN2O4S2. The molecule has 21 heavy (non-hydrogen) atoms. The van der Waals surface area contributed by atoms with Crippen molar-refractivity contribution >= 4 is 19.9 Å². The second-order valence-electron chi connectivity index (χ2n) is 5.11. The lowest BCUT2D eigenvalue weighted by atomic mass is 10.2. The monoisotopic (exact) mass is 334 g/mol. The SMILES string of the molecule is CC(C)(CNS(=O)(=O)c1ccc(F)c(C#N)c1)S(C)(=O)=O. The van der Waals surface area contributed by atoms with E-state index >= 15 is 0 Å². The highest BCUT2D eigenvalue weighted by Gasteiger charge is 2.32. The molecule has 0 aliphatic heterocycles. The van der Waals surface area contributed by atoms with E-state index in [-0.39, 0.29) is 11.4 Å². The number of benzene rings is 1. The van der Waals surface area contributed by atoms with Crippen molar-refractivity contribution in [1.29, 1.82) is 5.26 Å². The predicted octanol–water partition coefficient (Wildman–Crippen LogP) is 0.799. The van der Waals surface area contributed by atoms with Gasteiger partial charge in [0.05, 0.1) is 15.2 Å². The molecule has 116 valence electrons. The van der Waals surface area contributed by atoms with Gasteiger partial charge in [0.2, 0.25) is 10.0 Å². The molecule has 0 amide bonds. The number of hydrogen-bond acceptors (Lipinski definition) is 5. The van der Waals surface area contributed by atoms with Crippen LogP contribution in [0.5, 0.6) is 0 Å². The normalized spacial score (nSPS) is 12.9. The number of halogens is 1. The third-order valence-corrected chi connectivity index (χ3v) is 6.61. The summed E-state index contributed by atoms with van der Waals surface area (Å²) in [5, 5.41) is 8.69. The van der Waals surface area contributed by atoms with Crippen LogP contribution in [0, 0.1) is 17.1 Å². The molecule has 9 heteroatoms. The number of nitrogens with one attached hydrogen (secondary N) is 1. The topological polar surface area (TPSA) is 104 Å². The van der Waals surface area contributed by atoms with E-state index in [1.165, 1.54) is 13.8 Å². The maximum Gasteiger partial charge on any atom is 0.240 e. The van der Waals surface area contributed by atoms with Crippen LogP contribution < -0.4 is 4.72 Å². The maximum atomic E-state index is 13.2. The molecule has 0 atom stereocenters. The number of nitriles is 1. The van der Waals surface area contributed by atoms with Crippen molar-refractivity contribution in [1.82, 2.24) is 4.72 Å². The van der Waals surface area contributed by atoms with E-state index in [1.54, 1.807) is 6.07 Å². The Bertz CT molecular complexity index is 793. The zero-order valence-corrected chi connectivity index (χ0v) is 13.3.